The van der Waals surface area contributed by atoms with E-state index in [4.69, 9.17) is 10.3 Å². The molecule has 1 unspecified atom stereocenters. The van der Waals surface area contributed by atoms with Crippen molar-refractivity contribution in [2.24, 2.45) is 11.8 Å². The number of aromatic nitrogens is 2. The van der Waals surface area contributed by atoms with Gasteiger partial charge in [-0.2, -0.15) is 5.10 Å². The van der Waals surface area contributed by atoms with E-state index in [1.165, 1.54) is 29.3 Å². The second-order valence-corrected chi connectivity index (χ2v) is 10.2. The van der Waals surface area contributed by atoms with E-state index in [0.29, 0.717) is 5.52 Å². The van der Waals surface area contributed by atoms with Crippen LogP contribution in [-0.4, -0.2) is 52.0 Å². The van der Waals surface area contributed by atoms with Crippen molar-refractivity contribution in [1.29, 1.82) is 0 Å². The predicted octanol–water partition coefficient (Wildman–Crippen LogP) is 0.857. The summed E-state index contributed by atoms with van der Waals surface area (Å²) in [6, 6.07) is 3.09. The number of carbonyl (C=O) groups is 1. The van der Waals surface area contributed by atoms with Gasteiger partial charge >= 0.3 is 0 Å². The maximum atomic E-state index is 14.8. The highest BCUT2D eigenvalue weighted by molar-refractivity contribution is 7.92. The maximum absolute atomic E-state index is 14.8. The molecule has 1 fully saturated rings. The number of hydrogen-bond donors (Lipinski definition) is 3. The fourth-order valence-electron chi connectivity index (χ4n) is 3.15. The van der Waals surface area contributed by atoms with Gasteiger partial charge in [0.2, 0.25) is 0 Å². The van der Waals surface area contributed by atoms with E-state index in [1.54, 1.807) is 6.07 Å². The van der Waals surface area contributed by atoms with Gasteiger partial charge in [-0.1, -0.05) is 5.92 Å². The molecule has 3 atom stereocenters. The molecule has 1 aliphatic carbocycles. The molecule has 164 valence electrons. The lowest BCUT2D eigenvalue weighted by molar-refractivity contribution is -0.131. The quantitative estimate of drug-likeness (QED) is 0.343. The van der Waals surface area contributed by atoms with Gasteiger partial charge in [0.15, 0.2) is 14.6 Å². The second kappa shape index (κ2) is 8.67. The Labute approximate surface area is 179 Å². The van der Waals surface area contributed by atoms with Crippen LogP contribution in [0.2, 0.25) is 0 Å². The van der Waals surface area contributed by atoms with Crippen LogP contribution in [0.3, 0.4) is 0 Å². The number of carbonyl (C=O) groups excluding carboxylic acids is 1. The first-order valence-electron chi connectivity index (χ1n) is 9.53. The molecule has 2 aromatic rings. The van der Waals surface area contributed by atoms with E-state index in [0.717, 1.165) is 12.7 Å². The highest BCUT2D eigenvalue weighted by Crippen LogP contribution is 2.36. The van der Waals surface area contributed by atoms with Gasteiger partial charge in [0.1, 0.15) is 5.82 Å². The first-order valence-corrected chi connectivity index (χ1v) is 11.4. The Balaban J connectivity index is 1.81. The Bertz CT molecular complexity index is 1250. The van der Waals surface area contributed by atoms with E-state index in [2.05, 4.69) is 28.8 Å². The van der Waals surface area contributed by atoms with Crippen LogP contribution in [0.1, 0.15) is 25.3 Å². The van der Waals surface area contributed by atoms with Crippen molar-refractivity contribution < 1.29 is 27.9 Å². The van der Waals surface area contributed by atoms with Crippen molar-refractivity contribution in [3.8, 4) is 23.7 Å². The number of sulfone groups is 1. The largest absolute Gasteiger partial charge is 0.396 e. The number of halogens is 1. The normalized spacial score (nSPS) is 19.5. The van der Waals surface area contributed by atoms with E-state index in [1.807, 2.05) is 0 Å². The minimum absolute atomic E-state index is 0.00381. The van der Waals surface area contributed by atoms with E-state index in [-0.39, 0.29) is 42.4 Å². The number of rotatable bonds is 6. The predicted molar refractivity (Wildman–Crippen MR) is 111 cm³/mol. The number of fused-ring (bicyclic) bond motifs is 1. The number of aryl methyl sites for hydroxylation is 1. The van der Waals surface area contributed by atoms with Crippen LogP contribution in [0, 0.1) is 41.3 Å². The lowest BCUT2D eigenvalue weighted by atomic mass is 10.1. The van der Waals surface area contributed by atoms with E-state index >= 15 is 0 Å². The van der Waals surface area contributed by atoms with Crippen LogP contribution in [0.25, 0.3) is 10.9 Å². The summed E-state index contributed by atoms with van der Waals surface area (Å²) in [4.78, 5) is 11.9. The Hall–Kier alpha value is -2.92. The Morgan fingerprint density at radius 1 is 1.42 bits per heavy atom. The van der Waals surface area contributed by atoms with Crippen LogP contribution in [-0.2, 0) is 21.2 Å². The molecule has 0 aliphatic heterocycles. The van der Waals surface area contributed by atoms with Crippen molar-refractivity contribution in [2.45, 2.75) is 31.1 Å². The third-order valence-electron chi connectivity index (χ3n) is 5.64. The lowest BCUT2D eigenvalue weighted by Crippen LogP contribution is -2.49. The van der Waals surface area contributed by atoms with Gasteiger partial charge in [0.25, 0.3) is 5.91 Å². The van der Waals surface area contributed by atoms with E-state index < -0.39 is 26.3 Å². The molecule has 1 aromatic heterocycles. The van der Waals surface area contributed by atoms with Crippen LogP contribution in [0.4, 0.5) is 4.39 Å². The third kappa shape index (κ3) is 4.57. The Morgan fingerprint density at radius 2 is 2.16 bits per heavy atom. The zero-order valence-electron chi connectivity index (χ0n) is 17.0. The van der Waals surface area contributed by atoms with Crippen LogP contribution in [0.5, 0.6) is 0 Å². The van der Waals surface area contributed by atoms with Gasteiger partial charge in [-0.15, -0.1) is 0 Å². The second-order valence-electron chi connectivity index (χ2n) is 7.73. The molecule has 0 spiro atoms. The molecule has 1 saturated carbocycles. The molecule has 8 nitrogen and oxygen atoms in total. The SMILES string of the molecule is CC(CCn1ncc2c(F)c(C#CC#C[C@H]3C[C@@H]3CO)ccc21)(C(=O)NO)S(C)(=O)=O. The molecule has 3 N–H and O–H groups in total. The highest BCUT2D eigenvalue weighted by atomic mass is 32.2. The van der Waals surface area contributed by atoms with Gasteiger partial charge < -0.3 is 5.11 Å². The molecule has 0 bridgehead atoms. The van der Waals surface area contributed by atoms with E-state index in [9.17, 15) is 17.6 Å². The zero-order chi connectivity index (χ0) is 22.8. The minimum atomic E-state index is -3.85. The molecule has 0 saturated heterocycles. The van der Waals surface area contributed by atoms with Crippen molar-refractivity contribution in [3.05, 3.63) is 29.7 Å². The minimum Gasteiger partial charge on any atom is -0.396 e. The topological polar surface area (TPSA) is 122 Å². The molecule has 31 heavy (non-hydrogen) atoms. The molecule has 0 radical (unpaired) electrons. The molecule has 3 rings (SSSR count). The Morgan fingerprint density at radius 3 is 2.77 bits per heavy atom. The number of hydrogen-bond acceptors (Lipinski definition) is 6. The fourth-order valence-corrected chi connectivity index (χ4v) is 4.00. The first-order chi connectivity index (χ1) is 14.6. The first kappa shape index (κ1) is 22.8. The maximum Gasteiger partial charge on any atom is 0.264 e. The summed E-state index contributed by atoms with van der Waals surface area (Å²) in [5.41, 5.74) is 1.95. The van der Waals surface area contributed by atoms with Gasteiger partial charge in [0.05, 0.1) is 22.7 Å². The standard InChI is InChI=1S/C21H22FN3O5S/c1-21(20(27)24-28,31(2,29)30)9-10-25-18-8-7-14(19(22)17(18)12-23-25)5-3-4-6-15-11-16(15)13-26/h7-8,12,15-16,26,28H,9-11,13H2,1-2H3,(H,24,27)/t15-,16+,21?/m0/s1. The van der Waals surface area contributed by atoms with Gasteiger partial charge in [0, 0.05) is 25.3 Å². The fraction of sp³-hybridized carbons (Fsp3) is 0.429. The van der Waals surface area contributed by atoms with Crippen molar-refractivity contribution in [3.63, 3.8) is 0 Å². The summed E-state index contributed by atoms with van der Waals surface area (Å²) in [6.07, 6.45) is 2.89. The number of aliphatic hydroxyl groups is 1. The number of benzene rings is 1. The third-order valence-corrected chi connectivity index (χ3v) is 7.66. The average Bonchev–Trinajstić information content (AvgIpc) is 3.37. The molecular weight excluding hydrogens is 425 g/mol. The van der Waals surface area contributed by atoms with Crippen molar-refractivity contribution in [1.82, 2.24) is 15.3 Å². The lowest BCUT2D eigenvalue weighted by Gasteiger charge is -2.25. The number of aliphatic hydroxyl groups excluding tert-OH is 1. The molecule has 10 heteroatoms. The summed E-state index contributed by atoms with van der Waals surface area (Å²) in [5.74, 6) is 9.63. The van der Waals surface area contributed by atoms with Gasteiger partial charge in [-0.3, -0.25) is 14.7 Å². The summed E-state index contributed by atoms with van der Waals surface area (Å²) in [5, 5.41) is 22.2. The number of nitrogens with zero attached hydrogens (tertiary/aromatic N) is 2. The summed E-state index contributed by atoms with van der Waals surface area (Å²) < 4.78 is 38.5. The highest BCUT2D eigenvalue weighted by Gasteiger charge is 2.43. The number of amides is 1. The van der Waals surface area contributed by atoms with Crippen LogP contribution < -0.4 is 5.48 Å². The van der Waals surface area contributed by atoms with Crippen LogP contribution >= 0.6 is 0 Å². The van der Waals surface area contributed by atoms with Crippen molar-refractivity contribution in [2.75, 3.05) is 12.9 Å². The molecule has 1 aromatic carbocycles. The summed E-state index contributed by atoms with van der Waals surface area (Å²) in [6.45, 7) is 1.32. The summed E-state index contributed by atoms with van der Waals surface area (Å²) >= 11 is 0. The smallest absolute Gasteiger partial charge is 0.264 e. The molecule has 1 amide bonds. The van der Waals surface area contributed by atoms with Crippen molar-refractivity contribution >= 4 is 26.6 Å². The number of hydroxylamine groups is 1. The zero-order valence-corrected chi connectivity index (χ0v) is 17.8. The van der Waals surface area contributed by atoms with Gasteiger partial charge in [-0.05, 0) is 55.6 Å². The summed E-state index contributed by atoms with van der Waals surface area (Å²) in [7, 11) is -3.85. The molecule has 1 aliphatic rings. The monoisotopic (exact) mass is 447 g/mol. The average molecular weight is 447 g/mol. The van der Waals surface area contributed by atoms with Gasteiger partial charge in [-0.25, -0.2) is 18.3 Å². The molecular formula is C21H22FN3O5S. The Kier molecular flexibility index (Phi) is 6.37. The molecule has 1 heterocycles. The van der Waals surface area contributed by atoms with Crippen LogP contribution in [0.15, 0.2) is 18.3 Å². The number of nitrogens with one attached hydrogen (secondary N) is 1.